The van der Waals surface area contributed by atoms with Gasteiger partial charge in [0, 0.05) is 18.1 Å². The van der Waals surface area contributed by atoms with E-state index in [0.29, 0.717) is 0 Å². The van der Waals surface area contributed by atoms with Crippen molar-refractivity contribution in [2.75, 3.05) is 13.1 Å². The lowest BCUT2D eigenvalue weighted by atomic mass is 9.96. The Bertz CT molecular complexity index is 504. The Labute approximate surface area is 129 Å². The molecule has 0 aliphatic carbocycles. The Balaban J connectivity index is 0.00000220. The van der Waals surface area contributed by atoms with E-state index in [1.165, 1.54) is 12.1 Å². The maximum absolute atomic E-state index is 12.1. The van der Waals surface area contributed by atoms with Crippen molar-refractivity contribution in [3.63, 3.8) is 0 Å². The molecule has 1 aliphatic heterocycles. The van der Waals surface area contributed by atoms with E-state index >= 15 is 0 Å². The molecule has 2 N–H and O–H groups in total. The SMILES string of the molecule is CC(NC(=O)C1CCNCC1)c1cccc([N+](=O)[O-])c1.Cl. The van der Waals surface area contributed by atoms with Crippen LogP contribution in [0.2, 0.25) is 0 Å². The normalized spacial score (nSPS) is 16.6. The Morgan fingerprint density at radius 3 is 2.71 bits per heavy atom. The number of hydrogen-bond donors (Lipinski definition) is 2. The van der Waals surface area contributed by atoms with Crippen molar-refractivity contribution in [2.24, 2.45) is 5.92 Å². The second-order valence-electron chi connectivity index (χ2n) is 5.11. The van der Waals surface area contributed by atoms with Crippen molar-refractivity contribution >= 4 is 24.0 Å². The maximum Gasteiger partial charge on any atom is 0.269 e. The van der Waals surface area contributed by atoms with Crippen molar-refractivity contribution < 1.29 is 9.72 Å². The number of non-ortho nitro benzene ring substituents is 1. The average molecular weight is 314 g/mol. The minimum atomic E-state index is -0.426. The minimum Gasteiger partial charge on any atom is -0.349 e. The van der Waals surface area contributed by atoms with Crippen LogP contribution < -0.4 is 10.6 Å². The lowest BCUT2D eigenvalue weighted by Gasteiger charge is -2.24. The first kappa shape index (κ1) is 17.4. The predicted octanol–water partition coefficient (Wildman–Crippen LogP) is 2.19. The topological polar surface area (TPSA) is 84.3 Å². The fourth-order valence-electron chi connectivity index (χ4n) is 2.41. The number of nitrogens with zero attached hydrogens (tertiary/aromatic N) is 1. The zero-order valence-electron chi connectivity index (χ0n) is 11.9. The van der Waals surface area contributed by atoms with Crippen molar-refractivity contribution in [2.45, 2.75) is 25.8 Å². The van der Waals surface area contributed by atoms with Gasteiger partial charge in [0.2, 0.25) is 5.91 Å². The molecule has 0 aromatic heterocycles. The summed E-state index contributed by atoms with van der Waals surface area (Å²) in [6.45, 7) is 3.57. The highest BCUT2D eigenvalue weighted by atomic mass is 35.5. The third-order valence-electron chi connectivity index (χ3n) is 3.65. The number of benzene rings is 1. The van der Waals surface area contributed by atoms with Crippen LogP contribution in [0.25, 0.3) is 0 Å². The second-order valence-corrected chi connectivity index (χ2v) is 5.11. The Morgan fingerprint density at radius 1 is 1.43 bits per heavy atom. The van der Waals surface area contributed by atoms with E-state index in [0.717, 1.165) is 31.5 Å². The smallest absolute Gasteiger partial charge is 0.269 e. The number of carbonyl (C=O) groups is 1. The summed E-state index contributed by atoms with van der Waals surface area (Å²) in [4.78, 5) is 22.5. The first-order valence-electron chi connectivity index (χ1n) is 6.83. The molecule has 1 amide bonds. The van der Waals surface area contributed by atoms with Crippen LogP contribution >= 0.6 is 12.4 Å². The highest BCUT2D eigenvalue weighted by Gasteiger charge is 2.22. The van der Waals surface area contributed by atoms with E-state index in [1.54, 1.807) is 12.1 Å². The third-order valence-corrected chi connectivity index (χ3v) is 3.65. The Kier molecular flexibility index (Phi) is 6.58. The molecule has 0 bridgehead atoms. The molecule has 1 aliphatic rings. The molecule has 116 valence electrons. The molecule has 1 aromatic carbocycles. The average Bonchev–Trinajstić information content (AvgIpc) is 2.48. The molecule has 1 unspecified atom stereocenters. The minimum absolute atomic E-state index is 0. The fourth-order valence-corrected chi connectivity index (χ4v) is 2.41. The van der Waals surface area contributed by atoms with Gasteiger partial charge in [0.15, 0.2) is 0 Å². The van der Waals surface area contributed by atoms with Crippen LogP contribution in [-0.2, 0) is 4.79 Å². The summed E-state index contributed by atoms with van der Waals surface area (Å²) < 4.78 is 0. The van der Waals surface area contributed by atoms with Crippen molar-refractivity contribution in [3.8, 4) is 0 Å². The molecule has 1 atom stereocenters. The molecule has 0 saturated carbocycles. The molecule has 1 fully saturated rings. The summed E-state index contributed by atoms with van der Waals surface area (Å²) in [6, 6.07) is 6.16. The van der Waals surface area contributed by atoms with Crippen LogP contribution in [0.3, 0.4) is 0 Å². The van der Waals surface area contributed by atoms with Gasteiger partial charge in [-0.05, 0) is 38.4 Å². The number of nitro benzene ring substituents is 1. The lowest BCUT2D eigenvalue weighted by Crippen LogP contribution is -2.39. The number of halogens is 1. The van der Waals surface area contributed by atoms with Gasteiger partial charge in [-0.1, -0.05) is 12.1 Å². The molecule has 21 heavy (non-hydrogen) atoms. The summed E-state index contributed by atoms with van der Waals surface area (Å²) >= 11 is 0. The molecule has 0 spiro atoms. The number of rotatable bonds is 4. The fraction of sp³-hybridized carbons (Fsp3) is 0.500. The van der Waals surface area contributed by atoms with Gasteiger partial charge >= 0.3 is 0 Å². The number of hydrogen-bond acceptors (Lipinski definition) is 4. The highest BCUT2D eigenvalue weighted by Crippen LogP contribution is 2.20. The number of amides is 1. The van der Waals surface area contributed by atoms with Crippen LogP contribution in [0, 0.1) is 16.0 Å². The van der Waals surface area contributed by atoms with Gasteiger partial charge in [-0.25, -0.2) is 0 Å². The van der Waals surface area contributed by atoms with Crippen LogP contribution in [0.5, 0.6) is 0 Å². The first-order chi connectivity index (χ1) is 9.58. The largest absolute Gasteiger partial charge is 0.349 e. The quantitative estimate of drug-likeness (QED) is 0.659. The highest BCUT2D eigenvalue weighted by molar-refractivity contribution is 5.85. The van der Waals surface area contributed by atoms with Gasteiger partial charge in [-0.3, -0.25) is 14.9 Å². The van der Waals surface area contributed by atoms with E-state index in [9.17, 15) is 14.9 Å². The summed E-state index contributed by atoms with van der Waals surface area (Å²) in [5.41, 5.74) is 0.798. The summed E-state index contributed by atoms with van der Waals surface area (Å²) in [5, 5.41) is 16.9. The van der Waals surface area contributed by atoms with Gasteiger partial charge in [-0.2, -0.15) is 0 Å². The zero-order chi connectivity index (χ0) is 14.5. The first-order valence-corrected chi connectivity index (χ1v) is 6.83. The second kappa shape index (κ2) is 7.95. The maximum atomic E-state index is 12.1. The molecule has 7 heteroatoms. The molecule has 1 saturated heterocycles. The van der Waals surface area contributed by atoms with Crippen molar-refractivity contribution in [3.05, 3.63) is 39.9 Å². The van der Waals surface area contributed by atoms with Crippen LogP contribution in [-0.4, -0.2) is 23.9 Å². The molecular weight excluding hydrogens is 294 g/mol. The summed E-state index contributed by atoms with van der Waals surface area (Å²) in [6.07, 6.45) is 1.68. The van der Waals surface area contributed by atoms with Crippen LogP contribution in [0.4, 0.5) is 5.69 Å². The standard InChI is InChI=1S/C14H19N3O3.ClH/c1-10(12-3-2-4-13(9-12)17(19)20)16-14(18)11-5-7-15-8-6-11;/h2-4,9-11,15H,5-8H2,1H3,(H,16,18);1H. The van der Waals surface area contributed by atoms with Crippen molar-refractivity contribution in [1.82, 2.24) is 10.6 Å². The van der Waals surface area contributed by atoms with E-state index in [1.807, 2.05) is 6.92 Å². The van der Waals surface area contributed by atoms with Gasteiger partial charge in [0.1, 0.15) is 0 Å². The van der Waals surface area contributed by atoms with Crippen LogP contribution in [0.15, 0.2) is 24.3 Å². The molecule has 0 radical (unpaired) electrons. The van der Waals surface area contributed by atoms with E-state index in [2.05, 4.69) is 10.6 Å². The Morgan fingerprint density at radius 2 is 2.10 bits per heavy atom. The monoisotopic (exact) mass is 313 g/mol. The summed E-state index contributed by atoms with van der Waals surface area (Å²) in [7, 11) is 0. The third kappa shape index (κ3) is 4.68. The number of piperidine rings is 1. The zero-order valence-corrected chi connectivity index (χ0v) is 12.7. The number of carbonyl (C=O) groups excluding carboxylic acids is 1. The van der Waals surface area contributed by atoms with Gasteiger partial charge in [0.25, 0.3) is 5.69 Å². The molecule has 1 aromatic rings. The van der Waals surface area contributed by atoms with Gasteiger partial charge < -0.3 is 10.6 Å². The number of nitrogens with one attached hydrogen (secondary N) is 2. The summed E-state index contributed by atoms with van der Waals surface area (Å²) in [5.74, 6) is 0.0721. The molecule has 6 nitrogen and oxygen atoms in total. The van der Waals surface area contributed by atoms with Crippen molar-refractivity contribution in [1.29, 1.82) is 0 Å². The van der Waals surface area contributed by atoms with Crippen LogP contribution in [0.1, 0.15) is 31.4 Å². The van der Waals surface area contributed by atoms with E-state index in [4.69, 9.17) is 0 Å². The Hall–Kier alpha value is -1.66. The predicted molar refractivity (Wildman–Crippen MR) is 82.5 cm³/mol. The van der Waals surface area contributed by atoms with E-state index < -0.39 is 4.92 Å². The molecule has 2 rings (SSSR count). The number of nitro groups is 1. The van der Waals surface area contributed by atoms with Gasteiger partial charge in [-0.15, -0.1) is 12.4 Å². The molecular formula is C14H20ClN3O3. The lowest BCUT2D eigenvalue weighted by molar-refractivity contribution is -0.384. The molecule has 1 heterocycles. The van der Waals surface area contributed by atoms with E-state index in [-0.39, 0.29) is 36.0 Å². The van der Waals surface area contributed by atoms with Gasteiger partial charge in [0.05, 0.1) is 11.0 Å².